The lowest BCUT2D eigenvalue weighted by atomic mass is 9.41. The van der Waals surface area contributed by atoms with E-state index in [1.165, 1.54) is 32.6 Å². The van der Waals surface area contributed by atoms with Gasteiger partial charge in [-0.3, -0.25) is 4.79 Å². The summed E-state index contributed by atoms with van der Waals surface area (Å²) in [5.41, 5.74) is 0.482. The van der Waals surface area contributed by atoms with Crippen LogP contribution in [0.4, 0.5) is 0 Å². The summed E-state index contributed by atoms with van der Waals surface area (Å²) in [4.78, 5) is 22.8. The number of carbonyl (C=O) groups is 2. The molecule has 0 aromatic heterocycles. The monoisotopic (exact) mass is 432 g/mol. The molecule has 0 aromatic rings. The normalized spacial score (nSPS) is 50.0. The van der Waals surface area contributed by atoms with Crippen molar-refractivity contribution in [1.29, 1.82) is 0 Å². The molecule has 3 unspecified atom stereocenters. The van der Waals surface area contributed by atoms with E-state index in [4.69, 9.17) is 4.74 Å². The predicted molar refractivity (Wildman–Crippen MR) is 121 cm³/mol. The fourth-order valence-electron chi connectivity index (χ4n) is 9.57. The maximum Gasteiger partial charge on any atom is 0.302 e. The van der Waals surface area contributed by atoms with Gasteiger partial charge in [-0.1, -0.05) is 34.1 Å². The highest BCUT2D eigenvalue weighted by Crippen LogP contribution is 2.69. The van der Waals surface area contributed by atoms with Gasteiger partial charge in [0.15, 0.2) is 0 Å². The van der Waals surface area contributed by atoms with Gasteiger partial charge in [0.05, 0.1) is 6.10 Å². The van der Waals surface area contributed by atoms with Crippen LogP contribution in [0.1, 0.15) is 92.4 Å². The fourth-order valence-corrected chi connectivity index (χ4v) is 9.57. The van der Waals surface area contributed by atoms with E-state index in [1.54, 1.807) is 0 Å². The van der Waals surface area contributed by atoms with E-state index in [0.29, 0.717) is 47.8 Å². The van der Waals surface area contributed by atoms with Crippen LogP contribution in [0, 0.1) is 52.3 Å². The molecule has 0 bridgehead atoms. The molecule has 1 N–H and O–H groups in total. The summed E-state index contributed by atoms with van der Waals surface area (Å²) in [6.45, 7) is 11.0. The van der Waals surface area contributed by atoms with Crippen LogP contribution in [0.15, 0.2) is 0 Å². The minimum atomic E-state index is -0.256. The molecule has 4 aliphatic carbocycles. The summed E-state index contributed by atoms with van der Waals surface area (Å²) in [5.74, 6) is 3.09. The average Bonchev–Trinajstić information content (AvgIpc) is 3.06. The van der Waals surface area contributed by atoms with Crippen LogP contribution in [0.2, 0.25) is 0 Å². The zero-order valence-corrected chi connectivity index (χ0v) is 20.3. The summed E-state index contributed by atoms with van der Waals surface area (Å²) < 4.78 is 5.65. The first-order valence-corrected chi connectivity index (χ1v) is 13.0. The molecule has 0 aromatic carbocycles. The lowest BCUT2D eigenvalue weighted by Gasteiger charge is -2.64. The number of ether oxygens (including phenoxy) is 1. The standard InChI is InChI=1S/C27H44O4/c1-6-19-23-15-18(31-17(3)29)9-12-27(23,5)22-10-13-26(4)20(16(2)11-14-28)7-8-21(26)24(22)25(19)30/h14,16,18-25,30H,6-13,15H2,1-5H3/t16-,18-,19-,20-,21?,22?,23+,24?,25-,26-,27-/m1/s1. The molecular weight excluding hydrogens is 388 g/mol. The number of rotatable bonds is 5. The first kappa shape index (κ1) is 23.3. The van der Waals surface area contributed by atoms with E-state index >= 15 is 0 Å². The van der Waals surface area contributed by atoms with Crippen molar-refractivity contribution in [2.45, 2.75) is 105 Å². The second-order valence-electron chi connectivity index (χ2n) is 12.1. The van der Waals surface area contributed by atoms with Crippen molar-refractivity contribution in [3.05, 3.63) is 0 Å². The van der Waals surface area contributed by atoms with Crippen LogP contribution in [0.25, 0.3) is 0 Å². The zero-order chi connectivity index (χ0) is 22.6. The Kier molecular flexibility index (Phi) is 6.35. The Morgan fingerprint density at radius 2 is 1.77 bits per heavy atom. The third-order valence-corrected chi connectivity index (χ3v) is 10.9. The highest BCUT2D eigenvalue weighted by atomic mass is 16.5. The van der Waals surface area contributed by atoms with Crippen LogP contribution in [-0.2, 0) is 14.3 Å². The van der Waals surface area contributed by atoms with Crippen LogP contribution < -0.4 is 0 Å². The molecule has 0 radical (unpaired) electrons. The van der Waals surface area contributed by atoms with E-state index < -0.39 is 0 Å². The molecule has 4 heteroatoms. The van der Waals surface area contributed by atoms with Gasteiger partial charge in [0.2, 0.25) is 0 Å². The molecule has 11 atom stereocenters. The number of carbonyl (C=O) groups excluding carboxylic acids is 2. The highest BCUT2D eigenvalue weighted by Gasteiger charge is 2.65. The van der Waals surface area contributed by atoms with E-state index in [2.05, 4.69) is 27.7 Å². The molecule has 4 fully saturated rings. The van der Waals surface area contributed by atoms with Gasteiger partial charge in [-0.15, -0.1) is 0 Å². The van der Waals surface area contributed by atoms with Crippen LogP contribution in [0.5, 0.6) is 0 Å². The first-order valence-electron chi connectivity index (χ1n) is 13.0. The molecule has 4 aliphatic rings. The van der Waals surface area contributed by atoms with Crippen molar-refractivity contribution in [2.75, 3.05) is 0 Å². The van der Waals surface area contributed by atoms with Gasteiger partial charge < -0.3 is 14.6 Å². The van der Waals surface area contributed by atoms with E-state index in [1.807, 2.05) is 0 Å². The van der Waals surface area contributed by atoms with Crippen molar-refractivity contribution in [3.8, 4) is 0 Å². The van der Waals surface area contributed by atoms with Crippen LogP contribution in [-0.4, -0.2) is 29.6 Å². The van der Waals surface area contributed by atoms with Crippen LogP contribution >= 0.6 is 0 Å². The zero-order valence-electron chi connectivity index (χ0n) is 20.3. The third-order valence-electron chi connectivity index (χ3n) is 10.9. The Bertz CT molecular complexity index is 691. The maximum absolute atomic E-state index is 11.8. The molecule has 4 nitrogen and oxygen atoms in total. The minimum Gasteiger partial charge on any atom is -0.463 e. The second-order valence-corrected chi connectivity index (χ2v) is 12.1. The number of esters is 1. The second kappa shape index (κ2) is 8.47. The Morgan fingerprint density at radius 3 is 2.42 bits per heavy atom. The number of aliphatic hydroxyl groups is 1. The maximum atomic E-state index is 11.8. The van der Waals surface area contributed by atoms with Crippen molar-refractivity contribution in [1.82, 2.24) is 0 Å². The van der Waals surface area contributed by atoms with E-state index in [-0.39, 0.29) is 29.0 Å². The number of hydrogen-bond acceptors (Lipinski definition) is 4. The Morgan fingerprint density at radius 1 is 1.10 bits per heavy atom. The number of aldehydes is 1. The molecule has 0 aliphatic heterocycles. The van der Waals surface area contributed by atoms with Gasteiger partial charge in [0.25, 0.3) is 0 Å². The quantitative estimate of drug-likeness (QED) is 0.466. The van der Waals surface area contributed by atoms with Gasteiger partial charge >= 0.3 is 5.97 Å². The average molecular weight is 433 g/mol. The Hall–Kier alpha value is -0.900. The number of aliphatic hydroxyl groups excluding tert-OH is 1. The van der Waals surface area contributed by atoms with Gasteiger partial charge in [-0.25, -0.2) is 0 Å². The molecule has 0 spiro atoms. The lowest BCUT2D eigenvalue weighted by Crippen LogP contribution is -2.62. The summed E-state index contributed by atoms with van der Waals surface area (Å²) in [6.07, 6.45) is 10.3. The molecule has 0 saturated heterocycles. The third kappa shape index (κ3) is 3.60. The molecule has 176 valence electrons. The first-order chi connectivity index (χ1) is 14.7. The van der Waals surface area contributed by atoms with Gasteiger partial charge in [-0.2, -0.15) is 0 Å². The van der Waals surface area contributed by atoms with Crippen LogP contribution in [0.3, 0.4) is 0 Å². The SMILES string of the molecule is CC[C@H]1[C@@H](O)C2C3CC[C@H]([C@H](C)CC=O)[C@@]3(C)CCC2[C@@]2(C)CC[C@@H](OC(C)=O)C[C@@H]12. The van der Waals surface area contributed by atoms with Crippen molar-refractivity contribution in [2.24, 2.45) is 52.3 Å². The van der Waals surface area contributed by atoms with Crippen molar-refractivity contribution in [3.63, 3.8) is 0 Å². The molecule has 4 saturated carbocycles. The summed E-state index contributed by atoms with van der Waals surface area (Å²) in [5, 5.41) is 11.8. The minimum absolute atomic E-state index is 0.0160. The Balaban J connectivity index is 1.63. The largest absolute Gasteiger partial charge is 0.463 e. The van der Waals surface area contributed by atoms with Crippen molar-refractivity contribution < 1.29 is 19.4 Å². The van der Waals surface area contributed by atoms with E-state index in [0.717, 1.165) is 32.0 Å². The summed E-state index contributed by atoms with van der Waals surface area (Å²) in [7, 11) is 0. The Labute approximate surface area is 188 Å². The summed E-state index contributed by atoms with van der Waals surface area (Å²) in [6, 6.07) is 0. The van der Waals surface area contributed by atoms with E-state index in [9.17, 15) is 14.7 Å². The molecular formula is C27H44O4. The molecule has 4 rings (SSSR count). The smallest absolute Gasteiger partial charge is 0.302 e. The highest BCUT2D eigenvalue weighted by molar-refractivity contribution is 5.66. The number of fused-ring (bicyclic) bond motifs is 5. The fraction of sp³-hybridized carbons (Fsp3) is 0.926. The molecule has 0 heterocycles. The number of hydrogen-bond donors (Lipinski definition) is 1. The molecule has 0 amide bonds. The predicted octanol–water partition coefficient (Wildman–Crippen LogP) is 5.41. The topological polar surface area (TPSA) is 63.6 Å². The van der Waals surface area contributed by atoms with Gasteiger partial charge in [-0.05, 0) is 97.2 Å². The lowest BCUT2D eigenvalue weighted by molar-refractivity contribution is -0.207. The van der Waals surface area contributed by atoms with Crippen molar-refractivity contribution >= 4 is 12.3 Å². The molecule has 31 heavy (non-hydrogen) atoms. The summed E-state index contributed by atoms with van der Waals surface area (Å²) >= 11 is 0. The van der Waals surface area contributed by atoms with Gasteiger partial charge in [0.1, 0.15) is 12.4 Å². The van der Waals surface area contributed by atoms with Gasteiger partial charge in [0, 0.05) is 13.3 Å².